The van der Waals surface area contributed by atoms with Crippen molar-refractivity contribution < 1.29 is 22.3 Å². The van der Waals surface area contributed by atoms with Gasteiger partial charge >= 0.3 is 12.3 Å². The lowest BCUT2D eigenvalue weighted by molar-refractivity contribution is -0.168. The first-order valence-corrected chi connectivity index (χ1v) is 6.53. The largest absolute Gasteiger partial charge is 0.367 e. The van der Waals surface area contributed by atoms with Crippen molar-refractivity contribution in [3.8, 4) is 0 Å². The molecule has 0 unspecified atom stereocenters. The van der Waals surface area contributed by atoms with Crippen molar-refractivity contribution in [3.63, 3.8) is 0 Å². The molecule has 118 valence electrons. The van der Waals surface area contributed by atoms with Gasteiger partial charge in [0.2, 0.25) is 0 Å². The van der Waals surface area contributed by atoms with Crippen molar-refractivity contribution in [1.29, 1.82) is 0 Å². The van der Waals surface area contributed by atoms with Crippen LogP contribution in [0.2, 0.25) is 0 Å². The van der Waals surface area contributed by atoms with Crippen molar-refractivity contribution in [2.24, 2.45) is 5.84 Å². The highest BCUT2D eigenvalue weighted by Gasteiger charge is 2.41. The molecular formula is C12H16F4N4O. The summed E-state index contributed by atoms with van der Waals surface area (Å²) in [7, 11) is 0. The number of fused-ring (bicyclic) bond motifs is 1. The molecule has 1 heterocycles. The van der Waals surface area contributed by atoms with Gasteiger partial charge in [-0.3, -0.25) is 0 Å². The highest BCUT2D eigenvalue weighted by Crippen LogP contribution is 2.26. The Balaban J connectivity index is 2.04. The molecule has 1 aliphatic rings. The number of hydrazine groups is 1. The molecule has 0 atom stereocenters. The van der Waals surface area contributed by atoms with Crippen molar-refractivity contribution in [2.45, 2.75) is 44.6 Å². The molecule has 0 aromatic carbocycles. The van der Waals surface area contributed by atoms with Crippen LogP contribution < -0.4 is 11.3 Å². The van der Waals surface area contributed by atoms with Gasteiger partial charge in [0, 0.05) is 11.3 Å². The summed E-state index contributed by atoms with van der Waals surface area (Å²) in [5, 5.41) is 0. The maximum Gasteiger partial charge on any atom is 0.330 e. The molecule has 0 saturated heterocycles. The second-order valence-corrected chi connectivity index (χ2v) is 4.82. The second-order valence-electron chi connectivity index (χ2n) is 4.82. The maximum absolute atomic E-state index is 12.7. The number of nitrogen functional groups attached to an aromatic ring is 1. The van der Waals surface area contributed by atoms with E-state index < -0.39 is 19.0 Å². The molecular weight excluding hydrogens is 292 g/mol. The molecule has 0 fully saturated rings. The average molecular weight is 308 g/mol. The number of alkyl halides is 4. The zero-order valence-electron chi connectivity index (χ0n) is 11.2. The van der Waals surface area contributed by atoms with Crippen LogP contribution in [-0.2, 0) is 24.2 Å². The highest BCUT2D eigenvalue weighted by atomic mass is 19.3. The molecule has 1 aromatic rings. The van der Waals surface area contributed by atoms with Crippen molar-refractivity contribution >= 4 is 5.82 Å². The maximum atomic E-state index is 12.7. The third-order valence-electron chi connectivity index (χ3n) is 3.21. The second kappa shape index (κ2) is 6.52. The summed E-state index contributed by atoms with van der Waals surface area (Å²) in [5.74, 6) is 1.78. The number of ether oxygens (including phenoxy) is 1. The van der Waals surface area contributed by atoms with Crippen LogP contribution in [0.15, 0.2) is 0 Å². The summed E-state index contributed by atoms with van der Waals surface area (Å²) in [6.45, 7) is -1.75. The number of nitrogens with one attached hydrogen (secondary N) is 1. The predicted molar refractivity (Wildman–Crippen MR) is 67.1 cm³/mol. The molecule has 0 amide bonds. The number of hydrogen-bond acceptors (Lipinski definition) is 5. The number of aryl methyl sites for hydroxylation is 1. The van der Waals surface area contributed by atoms with Gasteiger partial charge in [-0.25, -0.2) is 24.6 Å². The molecule has 5 nitrogen and oxygen atoms in total. The Morgan fingerprint density at radius 3 is 2.62 bits per heavy atom. The number of hydrogen-bond donors (Lipinski definition) is 2. The average Bonchev–Trinajstić information content (AvgIpc) is 2.46. The minimum Gasteiger partial charge on any atom is -0.367 e. The smallest absolute Gasteiger partial charge is 0.330 e. The first kappa shape index (κ1) is 15.9. The Kier molecular flexibility index (Phi) is 4.94. The summed E-state index contributed by atoms with van der Waals surface area (Å²) < 4.78 is 54.0. The monoisotopic (exact) mass is 308 g/mol. The quantitative estimate of drug-likeness (QED) is 0.478. The van der Waals surface area contributed by atoms with E-state index in [1.54, 1.807) is 0 Å². The summed E-state index contributed by atoms with van der Waals surface area (Å²) in [5.41, 5.74) is 4.15. The SMILES string of the molecule is NNc1nc(COCC(F)(F)C(F)F)nc2c1CCCC2. The molecule has 0 radical (unpaired) electrons. The molecule has 1 aliphatic carbocycles. The predicted octanol–water partition coefficient (Wildman–Crippen LogP) is 2.06. The third kappa shape index (κ3) is 3.79. The van der Waals surface area contributed by atoms with E-state index in [9.17, 15) is 17.6 Å². The van der Waals surface area contributed by atoms with Gasteiger partial charge in [0.1, 0.15) is 19.0 Å². The fourth-order valence-electron chi connectivity index (χ4n) is 2.17. The Morgan fingerprint density at radius 2 is 1.95 bits per heavy atom. The van der Waals surface area contributed by atoms with Crippen molar-refractivity contribution in [3.05, 3.63) is 17.1 Å². The first-order valence-electron chi connectivity index (χ1n) is 6.53. The minimum absolute atomic E-state index is 0.147. The van der Waals surface area contributed by atoms with Crippen LogP contribution in [-0.4, -0.2) is 28.9 Å². The molecule has 9 heteroatoms. The lowest BCUT2D eigenvalue weighted by atomic mass is 9.96. The van der Waals surface area contributed by atoms with E-state index in [1.807, 2.05) is 0 Å². The third-order valence-corrected chi connectivity index (χ3v) is 3.21. The fraction of sp³-hybridized carbons (Fsp3) is 0.667. The van der Waals surface area contributed by atoms with Crippen molar-refractivity contribution in [2.75, 3.05) is 12.0 Å². The molecule has 0 aliphatic heterocycles. The highest BCUT2D eigenvalue weighted by molar-refractivity contribution is 5.46. The van der Waals surface area contributed by atoms with Gasteiger partial charge in [-0.1, -0.05) is 0 Å². The number of halogens is 4. The number of anilines is 1. The molecule has 21 heavy (non-hydrogen) atoms. The summed E-state index contributed by atoms with van der Waals surface area (Å²) in [6.07, 6.45) is -0.255. The Morgan fingerprint density at radius 1 is 1.24 bits per heavy atom. The van der Waals surface area contributed by atoms with E-state index >= 15 is 0 Å². The van der Waals surface area contributed by atoms with Crippen LogP contribution in [0.25, 0.3) is 0 Å². The Labute approximate surface area is 118 Å². The summed E-state index contributed by atoms with van der Waals surface area (Å²) in [6, 6.07) is 0. The van der Waals surface area contributed by atoms with Gasteiger partial charge in [0.25, 0.3) is 0 Å². The van der Waals surface area contributed by atoms with E-state index in [-0.39, 0.29) is 12.4 Å². The first-order chi connectivity index (χ1) is 9.94. The Hall–Kier alpha value is -1.48. The van der Waals surface area contributed by atoms with Crippen LogP contribution >= 0.6 is 0 Å². The van der Waals surface area contributed by atoms with E-state index in [2.05, 4.69) is 20.1 Å². The van der Waals surface area contributed by atoms with Gasteiger partial charge in [-0.05, 0) is 25.7 Å². The van der Waals surface area contributed by atoms with E-state index in [1.165, 1.54) is 0 Å². The molecule has 0 bridgehead atoms. The van der Waals surface area contributed by atoms with Crippen LogP contribution in [0.4, 0.5) is 23.4 Å². The lowest BCUT2D eigenvalue weighted by Gasteiger charge is -2.19. The summed E-state index contributed by atoms with van der Waals surface area (Å²) >= 11 is 0. The van der Waals surface area contributed by atoms with Gasteiger partial charge in [-0.2, -0.15) is 8.78 Å². The van der Waals surface area contributed by atoms with Crippen molar-refractivity contribution in [1.82, 2.24) is 9.97 Å². The van der Waals surface area contributed by atoms with Gasteiger partial charge in [-0.15, -0.1) is 0 Å². The van der Waals surface area contributed by atoms with E-state index in [0.717, 1.165) is 36.9 Å². The van der Waals surface area contributed by atoms with E-state index in [0.29, 0.717) is 5.82 Å². The fourth-order valence-corrected chi connectivity index (χ4v) is 2.17. The van der Waals surface area contributed by atoms with Gasteiger partial charge in [0.05, 0.1) is 0 Å². The topological polar surface area (TPSA) is 73.1 Å². The molecule has 0 spiro atoms. The number of aromatic nitrogens is 2. The zero-order chi connectivity index (χ0) is 15.5. The zero-order valence-corrected chi connectivity index (χ0v) is 11.2. The molecule has 3 N–H and O–H groups in total. The van der Waals surface area contributed by atoms with Crippen LogP contribution in [0.1, 0.15) is 29.9 Å². The number of nitrogens with two attached hydrogens (primary N) is 1. The van der Waals surface area contributed by atoms with Gasteiger partial charge in [0.15, 0.2) is 5.82 Å². The lowest BCUT2D eigenvalue weighted by Crippen LogP contribution is -2.32. The standard InChI is InChI=1S/C12H16F4N4O/c13-11(14)12(15,16)6-21-5-9-18-8-4-2-1-3-7(8)10(19-9)20-17/h11H,1-6,17H2,(H,18,19,20). The van der Waals surface area contributed by atoms with Crippen LogP contribution in [0.5, 0.6) is 0 Å². The van der Waals surface area contributed by atoms with Gasteiger partial charge < -0.3 is 10.2 Å². The van der Waals surface area contributed by atoms with E-state index in [4.69, 9.17) is 5.84 Å². The Bertz CT molecular complexity index is 481. The molecule has 0 saturated carbocycles. The number of nitrogens with zero attached hydrogens (tertiary/aromatic N) is 2. The molecule has 2 rings (SSSR count). The minimum atomic E-state index is -4.18. The summed E-state index contributed by atoms with van der Waals surface area (Å²) in [4.78, 5) is 8.29. The number of rotatable bonds is 6. The molecule has 1 aromatic heterocycles. The van der Waals surface area contributed by atoms with Crippen LogP contribution in [0.3, 0.4) is 0 Å². The normalized spacial score (nSPS) is 15.1. The van der Waals surface area contributed by atoms with Crippen LogP contribution in [0, 0.1) is 0 Å².